The van der Waals surface area contributed by atoms with Crippen LogP contribution in [0.4, 0.5) is 5.69 Å². The SMILES string of the molecule is C[C@@H](CNC(=O)[C@@H]1CC(=O)N(c2ccccc2Cl)C1)c1ccccc1. The van der Waals surface area contributed by atoms with Crippen LogP contribution in [0.2, 0.25) is 5.02 Å². The molecule has 2 amide bonds. The fourth-order valence-corrected chi connectivity index (χ4v) is 3.32. The highest BCUT2D eigenvalue weighted by Gasteiger charge is 2.35. The highest BCUT2D eigenvalue weighted by atomic mass is 35.5. The maximum Gasteiger partial charge on any atom is 0.227 e. The van der Waals surface area contributed by atoms with Gasteiger partial charge in [-0.3, -0.25) is 9.59 Å². The molecule has 1 aliphatic heterocycles. The van der Waals surface area contributed by atoms with Crippen LogP contribution < -0.4 is 10.2 Å². The van der Waals surface area contributed by atoms with Crippen molar-refractivity contribution < 1.29 is 9.59 Å². The lowest BCUT2D eigenvalue weighted by Gasteiger charge is -2.18. The minimum Gasteiger partial charge on any atom is -0.355 e. The summed E-state index contributed by atoms with van der Waals surface area (Å²) in [5, 5.41) is 3.50. The molecule has 130 valence electrons. The lowest BCUT2D eigenvalue weighted by atomic mass is 10.0. The van der Waals surface area contributed by atoms with Crippen LogP contribution in [-0.4, -0.2) is 24.9 Å². The third-order valence-corrected chi connectivity index (χ3v) is 4.91. The Bertz CT molecular complexity index is 763. The van der Waals surface area contributed by atoms with Gasteiger partial charge < -0.3 is 10.2 Å². The second-order valence-electron chi connectivity index (χ2n) is 6.41. The van der Waals surface area contributed by atoms with Crippen LogP contribution in [-0.2, 0) is 9.59 Å². The van der Waals surface area contributed by atoms with Gasteiger partial charge in [-0.15, -0.1) is 0 Å². The zero-order valence-corrected chi connectivity index (χ0v) is 14.9. The fraction of sp³-hybridized carbons (Fsp3) is 0.300. The van der Waals surface area contributed by atoms with E-state index in [2.05, 4.69) is 24.4 Å². The number of halogens is 1. The summed E-state index contributed by atoms with van der Waals surface area (Å²) in [6, 6.07) is 17.3. The number of carbonyl (C=O) groups excluding carboxylic acids is 2. The molecular formula is C20H21ClN2O2. The summed E-state index contributed by atoms with van der Waals surface area (Å²) < 4.78 is 0. The second kappa shape index (κ2) is 7.70. The number of nitrogens with zero attached hydrogens (tertiary/aromatic N) is 1. The van der Waals surface area contributed by atoms with Crippen LogP contribution in [0.15, 0.2) is 54.6 Å². The number of hydrogen-bond acceptors (Lipinski definition) is 2. The molecule has 2 aromatic carbocycles. The number of rotatable bonds is 5. The van der Waals surface area contributed by atoms with Crippen LogP contribution in [0.25, 0.3) is 0 Å². The molecule has 1 heterocycles. The lowest BCUT2D eigenvalue weighted by Crippen LogP contribution is -2.35. The minimum atomic E-state index is -0.341. The third kappa shape index (κ3) is 4.02. The molecule has 0 saturated carbocycles. The van der Waals surface area contributed by atoms with E-state index in [9.17, 15) is 9.59 Å². The summed E-state index contributed by atoms with van der Waals surface area (Å²) in [7, 11) is 0. The first kappa shape index (κ1) is 17.5. The molecule has 1 N–H and O–H groups in total. The van der Waals surface area contributed by atoms with Crippen molar-refractivity contribution in [2.24, 2.45) is 5.92 Å². The molecule has 1 aliphatic rings. The Morgan fingerprint density at radius 1 is 1.20 bits per heavy atom. The molecule has 0 unspecified atom stereocenters. The van der Waals surface area contributed by atoms with Gasteiger partial charge in [-0.05, 0) is 23.6 Å². The van der Waals surface area contributed by atoms with E-state index < -0.39 is 0 Å². The number of nitrogens with one attached hydrogen (secondary N) is 1. The number of carbonyl (C=O) groups is 2. The Balaban J connectivity index is 1.59. The Kier molecular flexibility index (Phi) is 5.39. The summed E-state index contributed by atoms with van der Waals surface area (Å²) in [6.45, 7) is 3.00. The van der Waals surface area contributed by atoms with Crippen LogP contribution in [0.3, 0.4) is 0 Å². The van der Waals surface area contributed by atoms with Crippen molar-refractivity contribution in [3.8, 4) is 0 Å². The van der Waals surface area contributed by atoms with Gasteiger partial charge >= 0.3 is 0 Å². The van der Waals surface area contributed by atoms with Gasteiger partial charge in [0.1, 0.15) is 0 Å². The number of amides is 2. The number of hydrogen-bond donors (Lipinski definition) is 1. The van der Waals surface area contributed by atoms with E-state index in [0.717, 1.165) is 0 Å². The molecule has 0 aliphatic carbocycles. The summed E-state index contributed by atoms with van der Waals surface area (Å²) in [6.07, 6.45) is 0.219. The zero-order valence-electron chi connectivity index (χ0n) is 14.1. The summed E-state index contributed by atoms with van der Waals surface area (Å²) in [5.41, 5.74) is 1.85. The van der Waals surface area contributed by atoms with E-state index in [0.29, 0.717) is 23.8 Å². The Labute approximate surface area is 152 Å². The summed E-state index contributed by atoms with van der Waals surface area (Å²) in [5.74, 6) is -0.260. The molecule has 0 spiro atoms. The summed E-state index contributed by atoms with van der Waals surface area (Å²) >= 11 is 6.17. The minimum absolute atomic E-state index is 0.0654. The quantitative estimate of drug-likeness (QED) is 0.889. The van der Waals surface area contributed by atoms with Crippen LogP contribution in [0.1, 0.15) is 24.8 Å². The van der Waals surface area contributed by atoms with E-state index >= 15 is 0 Å². The first-order valence-corrected chi connectivity index (χ1v) is 8.81. The molecule has 0 bridgehead atoms. The number of benzene rings is 2. The highest BCUT2D eigenvalue weighted by molar-refractivity contribution is 6.33. The summed E-state index contributed by atoms with van der Waals surface area (Å²) in [4.78, 5) is 26.4. The maximum atomic E-state index is 12.5. The molecule has 25 heavy (non-hydrogen) atoms. The molecular weight excluding hydrogens is 336 g/mol. The number of anilines is 1. The van der Waals surface area contributed by atoms with E-state index in [1.807, 2.05) is 30.3 Å². The molecule has 1 saturated heterocycles. The topological polar surface area (TPSA) is 49.4 Å². The van der Waals surface area contributed by atoms with Crippen LogP contribution in [0, 0.1) is 5.92 Å². The average molecular weight is 357 g/mol. The fourth-order valence-electron chi connectivity index (χ4n) is 3.08. The second-order valence-corrected chi connectivity index (χ2v) is 6.82. The van der Waals surface area contributed by atoms with Gasteiger partial charge in [0.2, 0.25) is 11.8 Å². The molecule has 2 aromatic rings. The van der Waals surface area contributed by atoms with Crippen molar-refractivity contribution in [2.75, 3.05) is 18.0 Å². The van der Waals surface area contributed by atoms with Crippen molar-refractivity contribution in [3.05, 3.63) is 65.2 Å². The van der Waals surface area contributed by atoms with Crippen molar-refractivity contribution in [1.29, 1.82) is 0 Å². The van der Waals surface area contributed by atoms with E-state index in [4.69, 9.17) is 11.6 Å². The van der Waals surface area contributed by atoms with Gasteiger partial charge in [-0.1, -0.05) is 61.0 Å². The van der Waals surface area contributed by atoms with Crippen LogP contribution in [0.5, 0.6) is 0 Å². The average Bonchev–Trinajstić information content (AvgIpc) is 3.02. The number of para-hydroxylation sites is 1. The molecule has 5 heteroatoms. The smallest absolute Gasteiger partial charge is 0.227 e. The predicted molar refractivity (Wildman–Crippen MR) is 99.8 cm³/mol. The Morgan fingerprint density at radius 3 is 2.60 bits per heavy atom. The standard InChI is InChI=1S/C20H21ClN2O2/c1-14(15-7-3-2-4-8-15)12-22-20(25)16-11-19(24)23(13-16)18-10-6-5-9-17(18)21/h2-10,14,16H,11-13H2,1H3,(H,22,25)/t14-,16+/m0/s1. The monoisotopic (exact) mass is 356 g/mol. The molecule has 4 nitrogen and oxygen atoms in total. The van der Waals surface area contributed by atoms with Gasteiger partial charge in [-0.2, -0.15) is 0 Å². The Morgan fingerprint density at radius 2 is 1.88 bits per heavy atom. The maximum absolute atomic E-state index is 12.5. The van der Waals surface area contributed by atoms with Crippen molar-refractivity contribution >= 4 is 29.1 Å². The Hall–Kier alpha value is -2.33. The van der Waals surface area contributed by atoms with Gasteiger partial charge in [0, 0.05) is 19.5 Å². The normalized spacial score (nSPS) is 18.2. The zero-order chi connectivity index (χ0) is 17.8. The van der Waals surface area contributed by atoms with Crippen molar-refractivity contribution in [1.82, 2.24) is 5.32 Å². The predicted octanol–water partition coefficient (Wildman–Crippen LogP) is 3.61. The highest BCUT2D eigenvalue weighted by Crippen LogP contribution is 2.31. The van der Waals surface area contributed by atoms with E-state index in [1.165, 1.54) is 5.56 Å². The van der Waals surface area contributed by atoms with Crippen LogP contribution >= 0.6 is 11.6 Å². The third-order valence-electron chi connectivity index (χ3n) is 4.59. The molecule has 1 fully saturated rings. The van der Waals surface area contributed by atoms with Gasteiger partial charge in [-0.25, -0.2) is 0 Å². The first-order valence-electron chi connectivity index (χ1n) is 8.44. The van der Waals surface area contributed by atoms with Gasteiger partial charge in [0.25, 0.3) is 0 Å². The van der Waals surface area contributed by atoms with Crippen molar-refractivity contribution in [3.63, 3.8) is 0 Å². The molecule has 3 rings (SSSR count). The van der Waals surface area contributed by atoms with Gasteiger partial charge in [0.15, 0.2) is 0 Å². The van der Waals surface area contributed by atoms with Crippen molar-refractivity contribution in [2.45, 2.75) is 19.3 Å². The molecule has 2 atom stereocenters. The van der Waals surface area contributed by atoms with Gasteiger partial charge in [0.05, 0.1) is 16.6 Å². The molecule has 0 radical (unpaired) electrons. The van der Waals surface area contributed by atoms with E-state index in [-0.39, 0.29) is 30.1 Å². The largest absolute Gasteiger partial charge is 0.355 e. The van der Waals surface area contributed by atoms with E-state index in [1.54, 1.807) is 17.0 Å². The lowest BCUT2D eigenvalue weighted by molar-refractivity contribution is -0.126. The molecule has 0 aromatic heterocycles. The first-order chi connectivity index (χ1) is 12.1.